The molecule has 6 nitrogen and oxygen atoms in total. The van der Waals surface area contributed by atoms with E-state index in [1.54, 1.807) is 7.11 Å². The van der Waals surface area contributed by atoms with Gasteiger partial charge in [0.1, 0.15) is 11.4 Å². The number of amides is 1. The highest BCUT2D eigenvalue weighted by Crippen LogP contribution is 2.35. The zero-order chi connectivity index (χ0) is 22.1. The molecule has 6 heteroatoms. The first-order valence-electron chi connectivity index (χ1n) is 11.1. The molecular formula is C25H32N4O2. The number of ether oxygens (including phenoxy) is 1. The van der Waals surface area contributed by atoms with Gasteiger partial charge < -0.3 is 9.64 Å². The van der Waals surface area contributed by atoms with Crippen molar-refractivity contribution in [2.45, 2.75) is 47.1 Å². The zero-order valence-electron chi connectivity index (χ0n) is 19.2. The Morgan fingerprint density at radius 2 is 1.87 bits per heavy atom. The van der Waals surface area contributed by atoms with Gasteiger partial charge in [0, 0.05) is 30.8 Å². The Kier molecular flexibility index (Phi) is 5.99. The van der Waals surface area contributed by atoms with Crippen LogP contribution in [0.25, 0.3) is 22.3 Å². The summed E-state index contributed by atoms with van der Waals surface area (Å²) in [6.07, 6.45) is 1.62. The number of rotatable bonds is 5. The molecule has 2 atom stereocenters. The molecule has 1 aliphatic heterocycles. The van der Waals surface area contributed by atoms with E-state index in [2.05, 4.69) is 26.8 Å². The molecule has 1 aliphatic rings. The predicted octanol–water partition coefficient (Wildman–Crippen LogP) is 4.62. The third-order valence-electron chi connectivity index (χ3n) is 6.15. The van der Waals surface area contributed by atoms with E-state index in [0.29, 0.717) is 24.8 Å². The number of para-hydroxylation sites is 1. The third kappa shape index (κ3) is 4.29. The lowest BCUT2D eigenvalue weighted by molar-refractivity contribution is -0.134. The number of hydrogen-bond donors (Lipinski definition) is 0. The maximum Gasteiger partial charge on any atom is 0.224 e. The number of carbonyl (C=O) groups excluding carboxylic acids is 1. The molecule has 1 amide bonds. The quantitative estimate of drug-likeness (QED) is 0.604. The molecule has 164 valence electrons. The van der Waals surface area contributed by atoms with Gasteiger partial charge in [-0.25, -0.2) is 9.67 Å². The predicted molar refractivity (Wildman–Crippen MR) is 123 cm³/mol. The Morgan fingerprint density at radius 1 is 1.16 bits per heavy atom. The lowest BCUT2D eigenvalue weighted by Crippen LogP contribution is -2.42. The maximum atomic E-state index is 13.0. The van der Waals surface area contributed by atoms with E-state index >= 15 is 0 Å². The van der Waals surface area contributed by atoms with Crippen molar-refractivity contribution in [2.24, 2.45) is 11.8 Å². The second-order valence-corrected chi connectivity index (χ2v) is 9.05. The number of hydrogen-bond acceptors (Lipinski definition) is 4. The highest BCUT2D eigenvalue weighted by molar-refractivity contribution is 5.95. The summed E-state index contributed by atoms with van der Waals surface area (Å²) >= 11 is 0. The molecule has 2 aromatic heterocycles. The molecule has 0 N–H and O–H groups in total. The monoisotopic (exact) mass is 420 g/mol. The van der Waals surface area contributed by atoms with Gasteiger partial charge in [-0.15, -0.1) is 0 Å². The Labute approximate surface area is 184 Å². The van der Waals surface area contributed by atoms with Gasteiger partial charge in [-0.1, -0.05) is 26.0 Å². The molecule has 3 heterocycles. The maximum absolute atomic E-state index is 13.0. The molecule has 0 saturated carbocycles. The fraction of sp³-hybridized carbons (Fsp3) is 0.480. The van der Waals surface area contributed by atoms with E-state index in [1.807, 2.05) is 40.8 Å². The highest BCUT2D eigenvalue weighted by atomic mass is 16.5. The zero-order valence-corrected chi connectivity index (χ0v) is 19.2. The topological polar surface area (TPSA) is 60.3 Å². The number of methoxy groups -OCH3 is 1. The average molecular weight is 421 g/mol. The van der Waals surface area contributed by atoms with E-state index in [1.165, 1.54) is 6.42 Å². The summed E-state index contributed by atoms with van der Waals surface area (Å²) in [5.74, 6) is 2.09. The van der Waals surface area contributed by atoms with Crippen molar-refractivity contribution >= 4 is 16.9 Å². The van der Waals surface area contributed by atoms with Crippen LogP contribution >= 0.6 is 0 Å². The summed E-state index contributed by atoms with van der Waals surface area (Å²) in [4.78, 5) is 19.8. The third-order valence-corrected chi connectivity index (χ3v) is 6.15. The van der Waals surface area contributed by atoms with Crippen molar-refractivity contribution in [3.05, 3.63) is 41.6 Å². The molecule has 4 rings (SSSR count). The van der Waals surface area contributed by atoms with Crippen LogP contribution in [0.15, 0.2) is 30.3 Å². The van der Waals surface area contributed by atoms with Crippen LogP contribution in [0, 0.1) is 25.7 Å². The van der Waals surface area contributed by atoms with Crippen LogP contribution in [0.4, 0.5) is 0 Å². The second-order valence-electron chi connectivity index (χ2n) is 9.05. The molecule has 1 aromatic carbocycles. The van der Waals surface area contributed by atoms with Crippen molar-refractivity contribution in [1.29, 1.82) is 0 Å². The minimum Gasteiger partial charge on any atom is -0.496 e. The first-order chi connectivity index (χ1) is 14.9. The van der Waals surface area contributed by atoms with Crippen LogP contribution in [0.5, 0.6) is 5.75 Å². The van der Waals surface area contributed by atoms with E-state index in [-0.39, 0.29) is 5.91 Å². The Balaban J connectivity index is 1.68. The van der Waals surface area contributed by atoms with E-state index in [9.17, 15) is 4.79 Å². The van der Waals surface area contributed by atoms with Crippen molar-refractivity contribution in [2.75, 3.05) is 20.2 Å². The molecule has 1 fully saturated rings. The van der Waals surface area contributed by atoms with E-state index in [4.69, 9.17) is 14.8 Å². The van der Waals surface area contributed by atoms with Gasteiger partial charge >= 0.3 is 0 Å². The fourth-order valence-electron chi connectivity index (χ4n) is 4.93. The fourth-order valence-corrected chi connectivity index (χ4v) is 4.93. The lowest BCUT2D eigenvalue weighted by atomic mass is 9.92. The number of fused-ring (bicyclic) bond motifs is 1. The largest absolute Gasteiger partial charge is 0.496 e. The summed E-state index contributed by atoms with van der Waals surface area (Å²) < 4.78 is 7.48. The van der Waals surface area contributed by atoms with Crippen LogP contribution in [-0.2, 0) is 11.3 Å². The molecule has 0 aliphatic carbocycles. The van der Waals surface area contributed by atoms with Gasteiger partial charge in [0.05, 0.1) is 19.0 Å². The van der Waals surface area contributed by atoms with Crippen molar-refractivity contribution in [3.8, 4) is 17.0 Å². The lowest BCUT2D eigenvalue weighted by Gasteiger charge is -2.35. The summed E-state index contributed by atoms with van der Waals surface area (Å²) in [5.41, 5.74) is 4.69. The molecular weight excluding hydrogens is 388 g/mol. The molecule has 0 spiro atoms. The molecule has 0 unspecified atom stereocenters. The van der Waals surface area contributed by atoms with Gasteiger partial charge in [-0.2, -0.15) is 5.10 Å². The number of pyridine rings is 1. The van der Waals surface area contributed by atoms with Crippen molar-refractivity contribution < 1.29 is 9.53 Å². The van der Waals surface area contributed by atoms with Gasteiger partial charge in [-0.3, -0.25) is 4.79 Å². The molecule has 31 heavy (non-hydrogen) atoms. The van der Waals surface area contributed by atoms with Crippen molar-refractivity contribution in [1.82, 2.24) is 19.7 Å². The number of aryl methyl sites for hydroxylation is 3. The highest BCUT2D eigenvalue weighted by Gasteiger charge is 2.26. The number of nitrogens with zero attached hydrogens (tertiary/aromatic N) is 4. The minimum atomic E-state index is 0.199. The summed E-state index contributed by atoms with van der Waals surface area (Å²) in [6, 6.07) is 9.98. The molecule has 0 bridgehead atoms. The summed E-state index contributed by atoms with van der Waals surface area (Å²) in [6.45, 7) is 10.8. The van der Waals surface area contributed by atoms with Crippen molar-refractivity contribution in [3.63, 3.8) is 0 Å². The van der Waals surface area contributed by atoms with Gasteiger partial charge in [0.25, 0.3) is 0 Å². The standard InChI is InChI=1S/C25H32N4O2/c1-16-12-17(2)15-28(14-16)22(30)10-11-29-25-23(18(3)13-19(4)26-25)24(27-29)20-8-6-7-9-21(20)31-5/h6-9,13,16-17H,10-12,14-15H2,1-5H3/t16-,17-/m0/s1. The summed E-state index contributed by atoms with van der Waals surface area (Å²) in [5, 5.41) is 5.94. The Bertz CT molecular complexity index is 1090. The van der Waals surface area contributed by atoms with Crippen LogP contribution in [0.2, 0.25) is 0 Å². The second kappa shape index (κ2) is 8.69. The van der Waals surface area contributed by atoms with E-state index < -0.39 is 0 Å². The smallest absolute Gasteiger partial charge is 0.224 e. The normalized spacial score (nSPS) is 19.1. The Morgan fingerprint density at radius 3 is 2.58 bits per heavy atom. The van der Waals surface area contributed by atoms with Gasteiger partial charge in [0.15, 0.2) is 5.65 Å². The number of carbonyl (C=O) groups is 1. The molecule has 1 saturated heterocycles. The molecule has 3 aromatic rings. The Hall–Kier alpha value is -2.89. The SMILES string of the molecule is COc1ccccc1-c1nn(CCC(=O)N2C[C@@H](C)C[C@H](C)C2)c2nc(C)cc(C)c12. The van der Waals surface area contributed by atoms with Crippen LogP contribution in [0.3, 0.4) is 0 Å². The number of piperidine rings is 1. The number of likely N-dealkylation sites (tertiary alicyclic amines) is 1. The molecule has 0 radical (unpaired) electrons. The minimum absolute atomic E-state index is 0.199. The van der Waals surface area contributed by atoms with Crippen LogP contribution in [0.1, 0.15) is 37.9 Å². The van der Waals surface area contributed by atoms with E-state index in [0.717, 1.165) is 52.4 Å². The first kappa shape index (κ1) is 21.3. The first-order valence-corrected chi connectivity index (χ1v) is 11.1. The van der Waals surface area contributed by atoms with Crippen LogP contribution < -0.4 is 4.74 Å². The summed E-state index contributed by atoms with van der Waals surface area (Å²) in [7, 11) is 1.67. The van der Waals surface area contributed by atoms with Crippen LogP contribution in [-0.4, -0.2) is 45.8 Å². The van der Waals surface area contributed by atoms with Gasteiger partial charge in [-0.05, 0) is 55.9 Å². The number of benzene rings is 1. The average Bonchev–Trinajstić information content (AvgIpc) is 3.09. The van der Waals surface area contributed by atoms with Gasteiger partial charge in [0.2, 0.25) is 5.91 Å². The number of aromatic nitrogens is 3.